The Hall–Kier alpha value is -2.68. The number of nitrogens with one attached hydrogen (secondary N) is 1. The lowest BCUT2D eigenvalue weighted by atomic mass is 10.1. The Morgan fingerprint density at radius 1 is 1.19 bits per heavy atom. The van der Waals surface area contributed by atoms with E-state index in [2.05, 4.69) is 5.32 Å². The second-order valence-electron chi connectivity index (χ2n) is 7.01. The van der Waals surface area contributed by atoms with Crippen LogP contribution in [0.5, 0.6) is 0 Å². The van der Waals surface area contributed by atoms with Crippen molar-refractivity contribution in [3.8, 4) is 0 Å². The first-order valence-corrected chi connectivity index (χ1v) is 9.11. The molecular weight excluding hydrogens is 352 g/mol. The van der Waals surface area contributed by atoms with E-state index in [0.717, 1.165) is 25.8 Å². The lowest BCUT2D eigenvalue weighted by molar-refractivity contribution is -0.384. The number of rotatable bonds is 5. The van der Waals surface area contributed by atoms with Crippen LogP contribution < -0.4 is 5.32 Å². The van der Waals surface area contributed by atoms with Gasteiger partial charge in [0.05, 0.1) is 4.92 Å². The maximum atomic E-state index is 13.0. The van der Waals surface area contributed by atoms with Crippen molar-refractivity contribution in [3.05, 3.63) is 39.9 Å². The summed E-state index contributed by atoms with van der Waals surface area (Å²) < 4.78 is 5.26. The number of carbonyl (C=O) groups excluding carboxylic acids is 2. The molecule has 0 unspecified atom stereocenters. The molecule has 0 bridgehead atoms. The summed E-state index contributed by atoms with van der Waals surface area (Å²) in [6.07, 6.45) is 2.66. The van der Waals surface area contributed by atoms with Crippen LogP contribution >= 0.6 is 0 Å². The Morgan fingerprint density at radius 3 is 2.41 bits per heavy atom. The van der Waals surface area contributed by atoms with E-state index in [1.807, 2.05) is 11.9 Å². The molecule has 2 aliphatic rings. The number of nitro groups is 1. The number of likely N-dealkylation sites (tertiary alicyclic amines) is 2. The fourth-order valence-corrected chi connectivity index (χ4v) is 3.68. The molecular formula is C18H24N4O5. The van der Waals surface area contributed by atoms with Crippen molar-refractivity contribution < 1.29 is 19.2 Å². The second kappa shape index (κ2) is 7.91. The van der Waals surface area contributed by atoms with Crippen LogP contribution in [0.2, 0.25) is 0 Å². The number of likely N-dealkylation sites (N-methyl/N-ethyl adjacent to an activating group) is 1. The normalized spacial score (nSPS) is 22.6. The summed E-state index contributed by atoms with van der Waals surface area (Å²) in [7, 11) is 1.83. The van der Waals surface area contributed by atoms with Gasteiger partial charge in [0.15, 0.2) is 5.66 Å². The highest BCUT2D eigenvalue weighted by molar-refractivity contribution is 5.90. The lowest BCUT2D eigenvalue weighted by Crippen LogP contribution is -2.65. The van der Waals surface area contributed by atoms with E-state index < -0.39 is 16.7 Å². The van der Waals surface area contributed by atoms with Crippen LogP contribution in [0.4, 0.5) is 10.5 Å². The van der Waals surface area contributed by atoms with E-state index in [1.54, 1.807) is 4.90 Å². The summed E-state index contributed by atoms with van der Waals surface area (Å²) in [6, 6.07) is 5.80. The zero-order chi connectivity index (χ0) is 19.4. The SMILES string of the molecule is CN1CCC[C@@]1(NC(=O)OCc1ccc([N+](=O)[O-])cc1)C(=O)N1CCCC1. The van der Waals surface area contributed by atoms with Crippen LogP contribution in [-0.2, 0) is 16.1 Å². The van der Waals surface area contributed by atoms with Crippen molar-refractivity contribution in [1.82, 2.24) is 15.1 Å². The summed E-state index contributed by atoms with van der Waals surface area (Å²) in [5, 5.41) is 13.5. The van der Waals surface area contributed by atoms with Crippen LogP contribution in [0.1, 0.15) is 31.2 Å². The zero-order valence-corrected chi connectivity index (χ0v) is 15.3. The quantitative estimate of drug-likeness (QED) is 0.621. The predicted octanol–water partition coefficient (Wildman–Crippen LogP) is 1.87. The Bertz CT molecular complexity index is 717. The average molecular weight is 376 g/mol. The van der Waals surface area contributed by atoms with Crippen molar-refractivity contribution in [2.75, 3.05) is 26.7 Å². The summed E-state index contributed by atoms with van der Waals surface area (Å²) in [6.45, 7) is 2.13. The minimum absolute atomic E-state index is 0.0223. The summed E-state index contributed by atoms with van der Waals surface area (Å²) in [5.41, 5.74) is -0.446. The molecule has 2 heterocycles. The van der Waals surface area contributed by atoms with Crippen molar-refractivity contribution in [1.29, 1.82) is 0 Å². The predicted molar refractivity (Wildman–Crippen MR) is 96.8 cm³/mol. The van der Waals surface area contributed by atoms with E-state index in [-0.39, 0.29) is 18.2 Å². The highest BCUT2D eigenvalue weighted by atomic mass is 16.6. The van der Waals surface area contributed by atoms with Gasteiger partial charge in [0.1, 0.15) is 6.61 Å². The number of nitro benzene ring substituents is 1. The number of hydrogen-bond donors (Lipinski definition) is 1. The first-order chi connectivity index (χ1) is 12.9. The molecule has 2 amide bonds. The second-order valence-corrected chi connectivity index (χ2v) is 7.01. The maximum absolute atomic E-state index is 13.0. The molecule has 27 heavy (non-hydrogen) atoms. The number of non-ortho nitro benzene ring substituents is 1. The maximum Gasteiger partial charge on any atom is 0.409 e. The standard InChI is InChI=1S/C18H24N4O5/c1-20-10-4-9-18(20,16(23)21-11-2-3-12-21)19-17(24)27-13-14-5-7-15(8-6-14)22(25)26/h5-8H,2-4,9-13H2,1H3,(H,19,24)/t18-/m0/s1. The van der Waals surface area contributed by atoms with Gasteiger partial charge in [-0.2, -0.15) is 0 Å². The molecule has 0 radical (unpaired) electrons. The number of alkyl carbamates (subject to hydrolysis) is 1. The number of benzene rings is 1. The fourth-order valence-electron chi connectivity index (χ4n) is 3.68. The largest absolute Gasteiger partial charge is 0.445 e. The molecule has 9 nitrogen and oxygen atoms in total. The van der Waals surface area contributed by atoms with Gasteiger partial charge < -0.3 is 9.64 Å². The van der Waals surface area contributed by atoms with Gasteiger partial charge in [-0.3, -0.25) is 25.1 Å². The van der Waals surface area contributed by atoms with Crippen LogP contribution in [-0.4, -0.2) is 59.1 Å². The van der Waals surface area contributed by atoms with Gasteiger partial charge in [-0.15, -0.1) is 0 Å². The van der Waals surface area contributed by atoms with Crippen molar-refractivity contribution >= 4 is 17.7 Å². The highest BCUT2D eigenvalue weighted by Gasteiger charge is 2.49. The third-order valence-electron chi connectivity index (χ3n) is 5.26. The molecule has 1 atom stereocenters. The van der Waals surface area contributed by atoms with Gasteiger partial charge in [0, 0.05) is 31.8 Å². The Morgan fingerprint density at radius 2 is 1.85 bits per heavy atom. The fraction of sp³-hybridized carbons (Fsp3) is 0.556. The Labute approximate surface area is 157 Å². The van der Waals surface area contributed by atoms with Gasteiger partial charge in [0.2, 0.25) is 0 Å². The van der Waals surface area contributed by atoms with Crippen LogP contribution in [0.25, 0.3) is 0 Å². The number of carbonyl (C=O) groups is 2. The molecule has 9 heteroatoms. The molecule has 1 aromatic rings. The summed E-state index contributed by atoms with van der Waals surface area (Å²) >= 11 is 0. The van der Waals surface area contributed by atoms with Gasteiger partial charge in [0.25, 0.3) is 11.6 Å². The minimum atomic E-state index is -1.06. The summed E-state index contributed by atoms with van der Waals surface area (Å²) in [5.74, 6) is -0.0766. The molecule has 0 spiro atoms. The minimum Gasteiger partial charge on any atom is -0.445 e. The van der Waals surface area contributed by atoms with Gasteiger partial charge in [-0.25, -0.2) is 4.79 Å². The van der Waals surface area contributed by atoms with Crippen LogP contribution in [0.3, 0.4) is 0 Å². The Balaban J connectivity index is 1.62. The molecule has 3 rings (SSSR count). The van der Waals surface area contributed by atoms with Gasteiger partial charge in [-0.1, -0.05) is 0 Å². The number of nitrogens with zero attached hydrogens (tertiary/aromatic N) is 3. The lowest BCUT2D eigenvalue weighted by Gasteiger charge is -2.37. The smallest absolute Gasteiger partial charge is 0.409 e. The van der Waals surface area contributed by atoms with Crippen molar-refractivity contribution in [3.63, 3.8) is 0 Å². The van der Waals surface area contributed by atoms with Crippen LogP contribution in [0.15, 0.2) is 24.3 Å². The molecule has 1 aromatic carbocycles. The third-order valence-corrected chi connectivity index (χ3v) is 5.26. The molecule has 2 aliphatic heterocycles. The first-order valence-electron chi connectivity index (χ1n) is 9.11. The van der Waals surface area contributed by atoms with E-state index in [4.69, 9.17) is 4.74 Å². The van der Waals surface area contributed by atoms with Crippen LogP contribution in [0, 0.1) is 10.1 Å². The molecule has 0 aromatic heterocycles. The molecule has 1 N–H and O–H groups in total. The van der Waals surface area contributed by atoms with Gasteiger partial charge >= 0.3 is 6.09 Å². The first kappa shape index (κ1) is 19.1. The molecule has 2 fully saturated rings. The van der Waals surface area contributed by atoms with E-state index in [0.29, 0.717) is 25.1 Å². The van der Waals surface area contributed by atoms with E-state index in [1.165, 1.54) is 24.3 Å². The zero-order valence-electron chi connectivity index (χ0n) is 15.3. The van der Waals surface area contributed by atoms with E-state index >= 15 is 0 Å². The third kappa shape index (κ3) is 4.02. The van der Waals surface area contributed by atoms with E-state index in [9.17, 15) is 19.7 Å². The molecule has 146 valence electrons. The summed E-state index contributed by atoms with van der Waals surface area (Å²) in [4.78, 5) is 39.3. The number of amides is 2. The number of ether oxygens (including phenoxy) is 1. The highest BCUT2D eigenvalue weighted by Crippen LogP contribution is 2.29. The molecule has 0 aliphatic carbocycles. The van der Waals surface area contributed by atoms with Gasteiger partial charge in [-0.05, 0) is 50.4 Å². The molecule has 2 saturated heterocycles. The average Bonchev–Trinajstić information content (AvgIpc) is 3.31. The van der Waals surface area contributed by atoms with Crippen molar-refractivity contribution in [2.24, 2.45) is 0 Å². The number of hydrogen-bond acceptors (Lipinski definition) is 6. The molecule has 0 saturated carbocycles. The van der Waals surface area contributed by atoms with Crippen molar-refractivity contribution in [2.45, 2.75) is 38.0 Å². The topological polar surface area (TPSA) is 105 Å². The monoisotopic (exact) mass is 376 g/mol. The Kier molecular flexibility index (Phi) is 5.59.